The number of carboxylic acids is 1. The van der Waals surface area contributed by atoms with Crippen LogP contribution >= 0.6 is 23.2 Å². The maximum Gasteiger partial charge on any atom is 0.337 e. The van der Waals surface area contributed by atoms with Crippen molar-refractivity contribution in [1.29, 1.82) is 0 Å². The molecule has 0 aromatic heterocycles. The van der Waals surface area contributed by atoms with Crippen LogP contribution in [0.4, 0.5) is 0 Å². The third-order valence-electron chi connectivity index (χ3n) is 2.30. The van der Waals surface area contributed by atoms with Gasteiger partial charge in [0.05, 0.1) is 41.1 Å². The molecule has 1 aromatic carbocycles. The molecule has 0 atom stereocenters. The monoisotopic (exact) mass is 342 g/mol. The highest BCUT2D eigenvalue weighted by Gasteiger charge is 2.23. The van der Waals surface area contributed by atoms with Crippen LogP contribution in [0.15, 0.2) is 17.0 Å². The van der Waals surface area contributed by atoms with Gasteiger partial charge in [-0.05, 0) is 12.1 Å². The minimum absolute atomic E-state index is 0.0131. The average molecular weight is 343 g/mol. The molecule has 0 radical (unpaired) electrons. The Morgan fingerprint density at radius 2 is 1.90 bits per heavy atom. The van der Waals surface area contributed by atoms with Gasteiger partial charge in [-0.3, -0.25) is 0 Å². The van der Waals surface area contributed by atoms with Crippen LogP contribution in [-0.2, 0) is 14.6 Å². The minimum atomic E-state index is -3.84. The Labute approximate surface area is 125 Å². The Bertz CT molecular complexity index is 599. The Morgan fingerprint density at radius 1 is 1.25 bits per heavy atom. The van der Waals surface area contributed by atoms with E-state index in [1.54, 1.807) is 0 Å². The first kappa shape index (κ1) is 17.2. The number of halogens is 2. The number of hydrogen-bond donors (Lipinski definition) is 2. The number of aromatic carboxylic acids is 1. The van der Waals surface area contributed by atoms with Crippen molar-refractivity contribution in [3.8, 4) is 0 Å². The smallest absolute Gasteiger partial charge is 0.337 e. The molecule has 1 aromatic rings. The third kappa shape index (κ3) is 4.32. The largest absolute Gasteiger partial charge is 0.478 e. The maximum absolute atomic E-state index is 12.1. The number of benzene rings is 1. The molecule has 0 aliphatic carbocycles. The van der Waals surface area contributed by atoms with Crippen molar-refractivity contribution in [2.75, 3.05) is 25.6 Å². The van der Waals surface area contributed by atoms with E-state index in [0.29, 0.717) is 0 Å². The van der Waals surface area contributed by atoms with Crippen molar-refractivity contribution in [2.24, 2.45) is 0 Å². The molecule has 0 bridgehead atoms. The van der Waals surface area contributed by atoms with E-state index in [9.17, 15) is 13.2 Å². The molecule has 0 unspecified atom stereocenters. The van der Waals surface area contributed by atoms with Gasteiger partial charge in [0.1, 0.15) is 0 Å². The SMILES string of the molecule is O=C(O)c1cc(Cl)cc(S(=O)(=O)CCOCCO)c1Cl. The molecule has 0 fully saturated rings. The van der Waals surface area contributed by atoms with Crippen LogP contribution in [0.3, 0.4) is 0 Å². The lowest BCUT2D eigenvalue weighted by atomic mass is 10.2. The maximum atomic E-state index is 12.1. The van der Waals surface area contributed by atoms with E-state index < -0.39 is 21.6 Å². The summed E-state index contributed by atoms with van der Waals surface area (Å²) in [4.78, 5) is 10.6. The number of aliphatic hydroxyl groups excluding tert-OH is 1. The normalized spacial score (nSPS) is 11.6. The van der Waals surface area contributed by atoms with Crippen LogP contribution in [0.2, 0.25) is 10.0 Å². The van der Waals surface area contributed by atoms with Crippen molar-refractivity contribution < 1.29 is 28.2 Å². The number of ether oxygens (including phenoxy) is 1. The van der Waals surface area contributed by atoms with Crippen LogP contribution in [0.5, 0.6) is 0 Å². The van der Waals surface area contributed by atoms with Crippen LogP contribution in [-0.4, -0.2) is 50.2 Å². The summed E-state index contributed by atoms with van der Waals surface area (Å²) < 4.78 is 29.0. The van der Waals surface area contributed by atoms with E-state index in [4.69, 9.17) is 38.2 Å². The molecular formula is C11H12Cl2O6S. The topological polar surface area (TPSA) is 101 Å². The zero-order valence-electron chi connectivity index (χ0n) is 10.2. The highest BCUT2D eigenvalue weighted by molar-refractivity contribution is 7.91. The second kappa shape index (κ2) is 7.24. The summed E-state index contributed by atoms with van der Waals surface area (Å²) in [5, 5.41) is 17.0. The van der Waals surface area contributed by atoms with Crippen LogP contribution in [0, 0.1) is 0 Å². The van der Waals surface area contributed by atoms with Crippen molar-refractivity contribution in [1.82, 2.24) is 0 Å². The van der Waals surface area contributed by atoms with Crippen molar-refractivity contribution >= 4 is 39.0 Å². The molecule has 20 heavy (non-hydrogen) atoms. The fourth-order valence-electron chi connectivity index (χ4n) is 1.39. The number of sulfone groups is 1. The molecule has 0 saturated heterocycles. The number of carbonyl (C=O) groups is 1. The molecule has 0 amide bonds. The van der Waals surface area contributed by atoms with Crippen LogP contribution in [0.25, 0.3) is 0 Å². The fourth-order valence-corrected chi connectivity index (χ4v) is 3.46. The summed E-state index contributed by atoms with van der Waals surface area (Å²) in [7, 11) is -3.84. The summed E-state index contributed by atoms with van der Waals surface area (Å²) >= 11 is 11.5. The number of aliphatic hydroxyl groups is 1. The van der Waals surface area contributed by atoms with Gasteiger partial charge >= 0.3 is 5.97 Å². The summed E-state index contributed by atoms with van der Waals surface area (Å²) in [6, 6.07) is 2.17. The first-order chi connectivity index (χ1) is 9.29. The molecule has 2 N–H and O–H groups in total. The van der Waals surface area contributed by atoms with Crippen LogP contribution in [0.1, 0.15) is 10.4 Å². The predicted octanol–water partition coefficient (Wildman–Crippen LogP) is 1.47. The highest BCUT2D eigenvalue weighted by atomic mass is 35.5. The van der Waals surface area contributed by atoms with Crippen molar-refractivity contribution in [3.63, 3.8) is 0 Å². The zero-order chi connectivity index (χ0) is 15.3. The molecule has 0 spiro atoms. The second-order valence-electron chi connectivity index (χ2n) is 3.73. The lowest BCUT2D eigenvalue weighted by Gasteiger charge is -2.09. The van der Waals surface area contributed by atoms with E-state index in [-0.39, 0.29) is 40.3 Å². The molecule has 1 rings (SSSR count). The van der Waals surface area contributed by atoms with E-state index in [1.165, 1.54) is 0 Å². The standard InChI is InChI=1S/C11H12Cl2O6S/c12-7-5-8(11(15)16)10(13)9(6-7)20(17,18)4-3-19-2-1-14/h5-6,14H,1-4H2,(H,15,16). The second-order valence-corrected chi connectivity index (χ2v) is 6.62. The first-order valence-electron chi connectivity index (χ1n) is 5.43. The van der Waals surface area contributed by atoms with Crippen molar-refractivity contribution in [2.45, 2.75) is 4.90 Å². The quantitative estimate of drug-likeness (QED) is 0.727. The Morgan fingerprint density at radius 3 is 2.45 bits per heavy atom. The van der Waals surface area contributed by atoms with Gasteiger partial charge in [-0.25, -0.2) is 13.2 Å². The first-order valence-corrected chi connectivity index (χ1v) is 7.84. The van der Waals surface area contributed by atoms with Gasteiger partial charge in [0.25, 0.3) is 0 Å². The van der Waals surface area contributed by atoms with Gasteiger partial charge in [-0.1, -0.05) is 23.2 Å². The Kier molecular flexibility index (Phi) is 6.22. The van der Waals surface area contributed by atoms with Gasteiger partial charge in [0.2, 0.25) is 0 Å². The van der Waals surface area contributed by atoms with E-state index >= 15 is 0 Å². The Hall–Kier alpha value is -0.860. The molecule has 0 aliphatic rings. The number of hydrogen-bond acceptors (Lipinski definition) is 5. The fraction of sp³-hybridized carbons (Fsp3) is 0.364. The average Bonchev–Trinajstić information content (AvgIpc) is 2.36. The summed E-state index contributed by atoms with van der Waals surface area (Å²) in [5.74, 6) is -1.77. The molecule has 9 heteroatoms. The minimum Gasteiger partial charge on any atom is -0.478 e. The van der Waals surface area contributed by atoms with Gasteiger partial charge in [-0.2, -0.15) is 0 Å². The molecule has 112 valence electrons. The van der Waals surface area contributed by atoms with Gasteiger partial charge in [0, 0.05) is 5.02 Å². The van der Waals surface area contributed by atoms with Gasteiger partial charge < -0.3 is 14.9 Å². The van der Waals surface area contributed by atoms with Gasteiger partial charge in [0.15, 0.2) is 9.84 Å². The molecule has 0 heterocycles. The summed E-state index contributed by atoms with van der Waals surface area (Å²) in [5.41, 5.74) is -0.381. The Balaban J connectivity index is 3.09. The molecule has 0 aliphatic heterocycles. The zero-order valence-corrected chi connectivity index (χ0v) is 12.5. The molecule has 6 nitrogen and oxygen atoms in total. The van der Waals surface area contributed by atoms with Gasteiger partial charge in [-0.15, -0.1) is 0 Å². The molecule has 0 saturated carbocycles. The molecular weight excluding hydrogens is 331 g/mol. The summed E-state index contributed by atoms with van der Waals surface area (Å²) in [6.45, 7) is -0.353. The number of carboxylic acid groups (broad SMARTS) is 1. The van der Waals surface area contributed by atoms with E-state index in [0.717, 1.165) is 12.1 Å². The predicted molar refractivity (Wildman–Crippen MR) is 73.4 cm³/mol. The van der Waals surface area contributed by atoms with Crippen molar-refractivity contribution in [3.05, 3.63) is 27.7 Å². The summed E-state index contributed by atoms with van der Waals surface area (Å²) in [6.07, 6.45) is 0. The lowest BCUT2D eigenvalue weighted by Crippen LogP contribution is -2.15. The third-order valence-corrected chi connectivity index (χ3v) is 4.74. The number of rotatable bonds is 7. The van der Waals surface area contributed by atoms with E-state index in [1.807, 2.05) is 0 Å². The van der Waals surface area contributed by atoms with E-state index in [2.05, 4.69) is 0 Å². The lowest BCUT2D eigenvalue weighted by molar-refractivity contribution is 0.0697. The van der Waals surface area contributed by atoms with Crippen LogP contribution < -0.4 is 0 Å². The highest BCUT2D eigenvalue weighted by Crippen LogP contribution is 2.30.